The maximum absolute atomic E-state index is 12.9. The number of allylic oxidation sites excluding steroid dienone is 1. The fourth-order valence-corrected chi connectivity index (χ4v) is 2.75. The van der Waals surface area contributed by atoms with Crippen LogP contribution in [0, 0.1) is 0 Å². The number of hydrogen-bond donors (Lipinski definition) is 2. The van der Waals surface area contributed by atoms with Crippen molar-refractivity contribution in [1.29, 1.82) is 0 Å². The first-order valence-corrected chi connectivity index (χ1v) is 8.80. The van der Waals surface area contributed by atoms with Crippen LogP contribution in [0.1, 0.15) is 51.8 Å². The van der Waals surface area contributed by atoms with Gasteiger partial charge in [0, 0.05) is 12.6 Å². The van der Waals surface area contributed by atoms with Gasteiger partial charge >= 0.3 is 6.18 Å². The SMILES string of the molecule is COC1C=C(c2nc(N[C@H](C)C(F)(F)F)nc(NC3(C)CC3)n2)CCC1. The van der Waals surface area contributed by atoms with Gasteiger partial charge in [0.2, 0.25) is 11.9 Å². The van der Waals surface area contributed by atoms with Gasteiger partial charge in [-0.05, 0) is 57.6 Å². The van der Waals surface area contributed by atoms with Gasteiger partial charge in [-0.3, -0.25) is 0 Å². The molecule has 1 aromatic heterocycles. The van der Waals surface area contributed by atoms with Gasteiger partial charge in [-0.25, -0.2) is 0 Å². The Balaban J connectivity index is 1.91. The molecule has 0 bridgehead atoms. The molecular formula is C17H24F3N5O. The second-order valence-electron chi connectivity index (χ2n) is 7.26. The molecule has 0 spiro atoms. The van der Waals surface area contributed by atoms with Gasteiger partial charge in [-0.1, -0.05) is 0 Å². The van der Waals surface area contributed by atoms with Crippen molar-refractivity contribution in [3.8, 4) is 0 Å². The van der Waals surface area contributed by atoms with Crippen molar-refractivity contribution in [1.82, 2.24) is 15.0 Å². The summed E-state index contributed by atoms with van der Waals surface area (Å²) in [6.45, 7) is 3.07. The van der Waals surface area contributed by atoms with Crippen molar-refractivity contribution in [2.75, 3.05) is 17.7 Å². The minimum Gasteiger partial charge on any atom is -0.377 e. The van der Waals surface area contributed by atoms with E-state index in [0.717, 1.165) is 44.6 Å². The first-order chi connectivity index (χ1) is 12.2. The Morgan fingerprint density at radius 3 is 2.54 bits per heavy atom. The minimum absolute atomic E-state index is 0.0293. The molecule has 9 heteroatoms. The smallest absolute Gasteiger partial charge is 0.377 e. The average Bonchev–Trinajstić information content (AvgIpc) is 3.30. The Morgan fingerprint density at radius 2 is 1.92 bits per heavy atom. The van der Waals surface area contributed by atoms with Crippen molar-refractivity contribution < 1.29 is 17.9 Å². The van der Waals surface area contributed by atoms with Crippen molar-refractivity contribution >= 4 is 17.5 Å². The zero-order valence-electron chi connectivity index (χ0n) is 15.2. The first kappa shape index (κ1) is 18.9. The lowest BCUT2D eigenvalue weighted by atomic mass is 9.97. The summed E-state index contributed by atoms with van der Waals surface area (Å²) >= 11 is 0. The van der Waals surface area contributed by atoms with Crippen LogP contribution < -0.4 is 10.6 Å². The molecule has 0 aliphatic heterocycles. The van der Waals surface area contributed by atoms with E-state index < -0.39 is 12.2 Å². The molecule has 26 heavy (non-hydrogen) atoms. The van der Waals surface area contributed by atoms with Crippen LogP contribution in [0.25, 0.3) is 5.57 Å². The van der Waals surface area contributed by atoms with Gasteiger partial charge in [-0.15, -0.1) is 0 Å². The lowest BCUT2D eigenvalue weighted by Crippen LogP contribution is -2.34. The summed E-state index contributed by atoms with van der Waals surface area (Å²) in [6.07, 6.45) is 2.07. The van der Waals surface area contributed by atoms with E-state index in [9.17, 15) is 13.2 Å². The first-order valence-electron chi connectivity index (χ1n) is 8.80. The number of anilines is 2. The molecule has 0 radical (unpaired) electrons. The Hall–Kier alpha value is -1.90. The normalized spacial score (nSPS) is 23.2. The summed E-state index contributed by atoms with van der Waals surface area (Å²) in [5, 5.41) is 5.55. The van der Waals surface area contributed by atoms with Gasteiger partial charge in [0.15, 0.2) is 5.82 Å². The van der Waals surface area contributed by atoms with Gasteiger partial charge in [-0.2, -0.15) is 28.1 Å². The molecule has 3 rings (SSSR count). The van der Waals surface area contributed by atoms with Crippen molar-refractivity contribution in [2.24, 2.45) is 0 Å². The molecule has 2 atom stereocenters. The van der Waals surface area contributed by atoms with Crippen LogP contribution in [-0.2, 0) is 4.74 Å². The number of methoxy groups -OCH3 is 1. The molecule has 2 aliphatic carbocycles. The van der Waals surface area contributed by atoms with Gasteiger partial charge in [0.1, 0.15) is 6.04 Å². The Morgan fingerprint density at radius 1 is 1.23 bits per heavy atom. The highest BCUT2D eigenvalue weighted by atomic mass is 19.4. The van der Waals surface area contributed by atoms with Crippen LogP contribution in [-0.4, -0.2) is 45.9 Å². The Labute approximate surface area is 150 Å². The van der Waals surface area contributed by atoms with Gasteiger partial charge < -0.3 is 15.4 Å². The quantitative estimate of drug-likeness (QED) is 0.793. The summed E-state index contributed by atoms with van der Waals surface area (Å²) in [6, 6.07) is -1.76. The molecular weight excluding hydrogens is 347 g/mol. The highest BCUT2D eigenvalue weighted by Gasteiger charge is 2.39. The zero-order valence-corrected chi connectivity index (χ0v) is 15.2. The largest absolute Gasteiger partial charge is 0.408 e. The second kappa shape index (κ2) is 7.02. The van der Waals surface area contributed by atoms with E-state index in [-0.39, 0.29) is 17.6 Å². The molecule has 0 aromatic carbocycles. The van der Waals surface area contributed by atoms with E-state index in [0.29, 0.717) is 11.8 Å². The fourth-order valence-electron chi connectivity index (χ4n) is 2.75. The molecule has 1 saturated carbocycles. The number of halogens is 3. The predicted molar refractivity (Wildman–Crippen MR) is 92.9 cm³/mol. The second-order valence-corrected chi connectivity index (χ2v) is 7.26. The molecule has 2 aliphatic rings. The van der Waals surface area contributed by atoms with Crippen LogP contribution in [0.2, 0.25) is 0 Å². The molecule has 0 amide bonds. The molecule has 144 valence electrons. The lowest BCUT2D eigenvalue weighted by Gasteiger charge is -2.21. The summed E-state index contributed by atoms with van der Waals surface area (Å²) in [4.78, 5) is 12.8. The van der Waals surface area contributed by atoms with E-state index >= 15 is 0 Å². The highest BCUT2D eigenvalue weighted by Crippen LogP contribution is 2.38. The third kappa shape index (κ3) is 4.63. The maximum atomic E-state index is 12.9. The fraction of sp³-hybridized carbons (Fsp3) is 0.706. The van der Waals surface area contributed by atoms with E-state index in [1.807, 2.05) is 13.0 Å². The van der Waals surface area contributed by atoms with Crippen LogP contribution in [0.4, 0.5) is 25.1 Å². The number of aromatic nitrogens is 3. The predicted octanol–water partition coefficient (Wildman–Crippen LogP) is 3.78. The van der Waals surface area contributed by atoms with Crippen molar-refractivity contribution in [3.63, 3.8) is 0 Å². The van der Waals surface area contributed by atoms with Crippen LogP contribution in [0.3, 0.4) is 0 Å². The van der Waals surface area contributed by atoms with Gasteiger partial charge in [0.05, 0.1) is 6.10 Å². The van der Waals surface area contributed by atoms with Crippen molar-refractivity contribution in [2.45, 2.75) is 69.8 Å². The summed E-state index contributed by atoms with van der Waals surface area (Å²) in [5.74, 6) is 0.615. The van der Waals surface area contributed by atoms with Crippen LogP contribution in [0.5, 0.6) is 0 Å². The van der Waals surface area contributed by atoms with E-state index in [1.54, 1.807) is 7.11 Å². The van der Waals surface area contributed by atoms with Crippen LogP contribution in [0.15, 0.2) is 6.08 Å². The maximum Gasteiger partial charge on any atom is 0.408 e. The summed E-state index contributed by atoms with van der Waals surface area (Å²) < 4.78 is 44.1. The standard InChI is InChI=1S/C17H24F3N5O/c1-10(17(18,19)20)21-14-22-13(11-5-4-6-12(9-11)26-3)23-15(24-14)25-16(2)7-8-16/h9-10,12H,4-8H2,1-3H3,(H2,21,22,23,24,25)/t10-,12?/m1/s1. The van der Waals surface area contributed by atoms with E-state index in [4.69, 9.17) is 4.74 Å². The van der Waals surface area contributed by atoms with Crippen LogP contribution >= 0.6 is 0 Å². The number of nitrogens with zero attached hydrogens (tertiary/aromatic N) is 3. The summed E-state index contributed by atoms with van der Waals surface area (Å²) in [5.41, 5.74) is 0.777. The third-order valence-electron chi connectivity index (χ3n) is 4.80. The van der Waals surface area contributed by atoms with Gasteiger partial charge in [0.25, 0.3) is 0 Å². The molecule has 1 heterocycles. The number of rotatable bonds is 6. The molecule has 2 N–H and O–H groups in total. The zero-order chi connectivity index (χ0) is 18.9. The topological polar surface area (TPSA) is 72.0 Å². The molecule has 0 saturated heterocycles. The van der Waals surface area contributed by atoms with E-state index in [2.05, 4.69) is 25.6 Å². The summed E-state index contributed by atoms with van der Waals surface area (Å²) in [7, 11) is 1.64. The van der Waals surface area contributed by atoms with E-state index in [1.165, 1.54) is 0 Å². The lowest BCUT2D eigenvalue weighted by molar-refractivity contribution is -0.138. The van der Waals surface area contributed by atoms with Crippen molar-refractivity contribution in [3.05, 3.63) is 11.9 Å². The molecule has 6 nitrogen and oxygen atoms in total. The highest BCUT2D eigenvalue weighted by molar-refractivity contribution is 5.63. The Kier molecular flexibility index (Phi) is 5.09. The molecule has 1 fully saturated rings. The minimum atomic E-state index is -4.38. The Bertz CT molecular complexity index is 687. The number of alkyl halides is 3. The average molecular weight is 371 g/mol. The molecule has 1 unspecified atom stereocenters. The monoisotopic (exact) mass is 371 g/mol. The molecule has 1 aromatic rings. The number of nitrogens with one attached hydrogen (secondary N) is 2. The number of hydrogen-bond acceptors (Lipinski definition) is 6. The number of ether oxygens (including phenoxy) is 1. The third-order valence-corrected chi connectivity index (χ3v) is 4.80.